The molecule has 0 spiro atoms. The van der Waals surface area contributed by atoms with Gasteiger partial charge in [0.05, 0.1) is 6.04 Å². The Bertz CT molecular complexity index is 386. The molecule has 1 unspecified atom stereocenters. The second-order valence-electron chi connectivity index (χ2n) is 3.17. The number of carbonyl (C=O) groups excluding carboxylic acids is 1. The van der Waals surface area contributed by atoms with Crippen LogP contribution in [0, 0.1) is 0 Å². The molecule has 1 atom stereocenters. The summed E-state index contributed by atoms with van der Waals surface area (Å²) >= 11 is 0. The van der Waals surface area contributed by atoms with E-state index >= 15 is 0 Å². The molecular formula is C10H10N2O. The van der Waals surface area contributed by atoms with E-state index in [9.17, 15) is 4.79 Å². The lowest BCUT2D eigenvalue weighted by atomic mass is 9.87. The van der Waals surface area contributed by atoms with E-state index in [0.717, 1.165) is 11.1 Å². The molecule has 0 aromatic rings. The lowest BCUT2D eigenvalue weighted by molar-refractivity contribution is -0.114. The summed E-state index contributed by atoms with van der Waals surface area (Å²) in [6.45, 7) is 1.95. The Labute approximate surface area is 76.3 Å². The number of amides is 1. The molecule has 66 valence electrons. The zero-order valence-corrected chi connectivity index (χ0v) is 7.32. The Morgan fingerprint density at radius 3 is 2.92 bits per heavy atom. The first-order valence-corrected chi connectivity index (χ1v) is 4.13. The quantitative estimate of drug-likeness (QED) is 0.588. The van der Waals surface area contributed by atoms with Gasteiger partial charge < -0.3 is 5.73 Å². The van der Waals surface area contributed by atoms with Crippen LogP contribution in [-0.2, 0) is 4.79 Å². The molecule has 3 heteroatoms. The van der Waals surface area contributed by atoms with Crippen molar-refractivity contribution < 1.29 is 4.79 Å². The van der Waals surface area contributed by atoms with Gasteiger partial charge in [0.15, 0.2) is 0 Å². The first kappa shape index (κ1) is 8.13. The molecule has 0 aromatic carbocycles. The highest BCUT2D eigenvalue weighted by atomic mass is 16.1. The second kappa shape index (κ2) is 2.78. The van der Waals surface area contributed by atoms with Crippen LogP contribution in [0.25, 0.3) is 0 Å². The molecule has 0 saturated heterocycles. The van der Waals surface area contributed by atoms with Crippen molar-refractivity contribution in [3.8, 4) is 0 Å². The van der Waals surface area contributed by atoms with Crippen LogP contribution in [0.1, 0.15) is 6.92 Å². The van der Waals surface area contributed by atoms with E-state index in [1.54, 1.807) is 12.2 Å². The number of hydrogen-bond donors (Lipinski definition) is 1. The van der Waals surface area contributed by atoms with Crippen LogP contribution >= 0.6 is 0 Å². The minimum absolute atomic E-state index is 0.157. The molecule has 0 fully saturated rings. The van der Waals surface area contributed by atoms with Crippen LogP contribution in [0.4, 0.5) is 0 Å². The number of carbonyl (C=O) groups is 1. The monoisotopic (exact) mass is 174 g/mol. The molecule has 3 nitrogen and oxygen atoms in total. The number of nitrogens with two attached hydrogens (primary N) is 1. The second-order valence-corrected chi connectivity index (χ2v) is 3.17. The zero-order valence-electron chi connectivity index (χ0n) is 7.32. The molecule has 13 heavy (non-hydrogen) atoms. The summed E-state index contributed by atoms with van der Waals surface area (Å²) in [5, 5.41) is 0. The molecular weight excluding hydrogens is 164 g/mol. The van der Waals surface area contributed by atoms with Gasteiger partial charge in [0, 0.05) is 11.8 Å². The summed E-state index contributed by atoms with van der Waals surface area (Å²) in [7, 11) is 0. The standard InChI is InChI=1S/C10H10N2O/c1-6-2-3-8-7(9(6)11)4-5-12-10(8)13/h2-5,9H,11H2,1H3. The number of fused-ring (bicyclic) bond motifs is 1. The summed E-state index contributed by atoms with van der Waals surface area (Å²) in [4.78, 5) is 15.0. The van der Waals surface area contributed by atoms with Gasteiger partial charge in [-0.1, -0.05) is 11.6 Å². The third-order valence-electron chi connectivity index (χ3n) is 2.33. The molecule has 0 aromatic heterocycles. The van der Waals surface area contributed by atoms with Gasteiger partial charge in [-0.15, -0.1) is 0 Å². The van der Waals surface area contributed by atoms with E-state index in [2.05, 4.69) is 4.99 Å². The highest BCUT2D eigenvalue weighted by Crippen LogP contribution is 2.25. The van der Waals surface area contributed by atoms with E-state index in [4.69, 9.17) is 5.73 Å². The van der Waals surface area contributed by atoms with Crippen molar-refractivity contribution in [1.29, 1.82) is 0 Å². The van der Waals surface area contributed by atoms with Crippen LogP contribution in [0.5, 0.6) is 0 Å². The van der Waals surface area contributed by atoms with Crippen molar-refractivity contribution in [2.24, 2.45) is 10.7 Å². The van der Waals surface area contributed by atoms with Gasteiger partial charge in [0.25, 0.3) is 5.91 Å². The van der Waals surface area contributed by atoms with Gasteiger partial charge in [-0.3, -0.25) is 4.79 Å². The largest absolute Gasteiger partial charge is 0.321 e. The summed E-state index contributed by atoms with van der Waals surface area (Å²) in [6.07, 6.45) is 6.96. The van der Waals surface area contributed by atoms with Crippen LogP contribution in [0.2, 0.25) is 0 Å². The summed E-state index contributed by atoms with van der Waals surface area (Å²) in [5.74, 6) is -0.197. The summed E-state index contributed by atoms with van der Waals surface area (Å²) < 4.78 is 0. The van der Waals surface area contributed by atoms with Crippen LogP contribution < -0.4 is 5.73 Å². The highest BCUT2D eigenvalue weighted by Gasteiger charge is 2.24. The van der Waals surface area contributed by atoms with Crippen LogP contribution in [0.3, 0.4) is 0 Å². The van der Waals surface area contributed by atoms with Gasteiger partial charge >= 0.3 is 0 Å². The van der Waals surface area contributed by atoms with Crippen molar-refractivity contribution in [3.63, 3.8) is 0 Å². The van der Waals surface area contributed by atoms with Gasteiger partial charge in [-0.25, -0.2) is 4.99 Å². The normalized spacial score (nSPS) is 26.2. The highest BCUT2D eigenvalue weighted by molar-refractivity contribution is 6.08. The number of aliphatic imine (C=N–C) groups is 1. The number of allylic oxidation sites excluding steroid dienone is 3. The average molecular weight is 174 g/mol. The molecule has 0 saturated carbocycles. The minimum Gasteiger partial charge on any atom is -0.321 e. The number of hydrogen-bond acceptors (Lipinski definition) is 2. The van der Waals surface area contributed by atoms with Crippen molar-refractivity contribution in [3.05, 3.63) is 34.9 Å². The van der Waals surface area contributed by atoms with Gasteiger partial charge in [-0.05, 0) is 24.6 Å². The third kappa shape index (κ3) is 1.17. The van der Waals surface area contributed by atoms with Crippen LogP contribution in [-0.4, -0.2) is 18.2 Å². The summed E-state index contributed by atoms with van der Waals surface area (Å²) in [5.41, 5.74) is 8.47. The molecule has 1 aliphatic carbocycles. The number of rotatable bonds is 0. The Morgan fingerprint density at radius 2 is 2.15 bits per heavy atom. The molecule has 2 aliphatic rings. The first-order valence-electron chi connectivity index (χ1n) is 4.13. The van der Waals surface area contributed by atoms with E-state index in [1.807, 2.05) is 13.0 Å². The Morgan fingerprint density at radius 1 is 1.38 bits per heavy atom. The van der Waals surface area contributed by atoms with Crippen molar-refractivity contribution in [1.82, 2.24) is 0 Å². The SMILES string of the molecule is CC1=CC=C2C(=O)N=CC=C2C1N. The predicted molar refractivity (Wildman–Crippen MR) is 51.4 cm³/mol. The molecule has 1 aliphatic heterocycles. The van der Waals surface area contributed by atoms with E-state index in [0.29, 0.717) is 5.57 Å². The van der Waals surface area contributed by atoms with Gasteiger partial charge in [-0.2, -0.15) is 0 Å². The van der Waals surface area contributed by atoms with Crippen molar-refractivity contribution in [2.45, 2.75) is 13.0 Å². The van der Waals surface area contributed by atoms with Crippen molar-refractivity contribution in [2.75, 3.05) is 0 Å². The van der Waals surface area contributed by atoms with Crippen LogP contribution in [0.15, 0.2) is 39.9 Å². The third-order valence-corrected chi connectivity index (χ3v) is 2.33. The Kier molecular flexibility index (Phi) is 1.74. The maximum Gasteiger partial charge on any atom is 0.277 e. The molecule has 0 radical (unpaired) electrons. The van der Waals surface area contributed by atoms with Gasteiger partial charge in [0.2, 0.25) is 0 Å². The fourth-order valence-corrected chi connectivity index (χ4v) is 1.47. The molecule has 2 N–H and O–H groups in total. The minimum atomic E-state index is -0.197. The molecule has 1 heterocycles. The maximum atomic E-state index is 11.3. The fraction of sp³-hybridized carbons (Fsp3) is 0.200. The predicted octanol–water partition coefficient (Wildman–Crippen LogP) is 0.737. The summed E-state index contributed by atoms with van der Waals surface area (Å²) in [6, 6.07) is -0.157. The zero-order chi connectivity index (χ0) is 9.42. The molecule has 1 amide bonds. The maximum absolute atomic E-state index is 11.3. The first-order chi connectivity index (χ1) is 6.20. The molecule has 0 bridgehead atoms. The van der Waals surface area contributed by atoms with E-state index in [1.165, 1.54) is 6.21 Å². The average Bonchev–Trinajstić information content (AvgIpc) is 2.12. The lowest BCUT2D eigenvalue weighted by Gasteiger charge is -2.22. The van der Waals surface area contributed by atoms with E-state index in [-0.39, 0.29) is 11.9 Å². The fourth-order valence-electron chi connectivity index (χ4n) is 1.47. The van der Waals surface area contributed by atoms with Gasteiger partial charge in [0.1, 0.15) is 0 Å². The topological polar surface area (TPSA) is 55.5 Å². The van der Waals surface area contributed by atoms with E-state index < -0.39 is 0 Å². The smallest absolute Gasteiger partial charge is 0.277 e. The number of dihydropyridines is 1. The Balaban J connectivity index is 2.52. The lowest BCUT2D eigenvalue weighted by Crippen LogP contribution is -2.30. The molecule has 2 rings (SSSR count). The Hall–Kier alpha value is -1.48. The van der Waals surface area contributed by atoms with Crippen molar-refractivity contribution >= 4 is 12.1 Å². The number of nitrogens with zero attached hydrogens (tertiary/aromatic N) is 1.